The second-order valence-electron chi connectivity index (χ2n) is 6.41. The highest BCUT2D eigenvalue weighted by atomic mass is 32.2. The van der Waals surface area contributed by atoms with Crippen LogP contribution in [0, 0.1) is 5.41 Å². The Kier molecular flexibility index (Phi) is 4.44. The summed E-state index contributed by atoms with van der Waals surface area (Å²) in [6, 6.07) is 1.70. The lowest BCUT2D eigenvalue weighted by Crippen LogP contribution is -2.42. The van der Waals surface area contributed by atoms with Gasteiger partial charge in [0.15, 0.2) is 5.16 Å². The Labute approximate surface area is 124 Å². The summed E-state index contributed by atoms with van der Waals surface area (Å²) in [6.45, 7) is 5.03. The highest BCUT2D eigenvalue weighted by Crippen LogP contribution is 2.40. The number of aliphatic hydroxyl groups is 1. The Morgan fingerprint density at radius 2 is 1.95 bits per heavy atom. The standard InChI is InChI=1S/C14H24N4OS/c1-13(2)4-6-14(19,7-5-13)9-16-11-8-10(15)17-12(18-11)20-3/h8,19H,4-7,9H2,1-3H3,(H3,15,16,17,18). The lowest BCUT2D eigenvalue weighted by molar-refractivity contribution is -0.0146. The van der Waals surface area contributed by atoms with Crippen molar-refractivity contribution in [1.29, 1.82) is 0 Å². The molecule has 6 heteroatoms. The topological polar surface area (TPSA) is 84.1 Å². The van der Waals surface area contributed by atoms with E-state index in [-0.39, 0.29) is 0 Å². The maximum atomic E-state index is 10.6. The molecule has 2 rings (SSSR count). The van der Waals surface area contributed by atoms with Crippen molar-refractivity contribution in [3.05, 3.63) is 6.07 Å². The van der Waals surface area contributed by atoms with Crippen LogP contribution in [0.4, 0.5) is 11.6 Å². The highest BCUT2D eigenvalue weighted by molar-refractivity contribution is 7.98. The molecule has 0 unspecified atom stereocenters. The Balaban J connectivity index is 1.97. The quantitative estimate of drug-likeness (QED) is 0.585. The Hall–Kier alpha value is -1.01. The van der Waals surface area contributed by atoms with E-state index in [1.54, 1.807) is 6.07 Å². The normalized spacial score (nSPS) is 20.6. The number of anilines is 2. The van der Waals surface area contributed by atoms with Gasteiger partial charge in [0, 0.05) is 12.6 Å². The second kappa shape index (κ2) is 5.77. The molecular weight excluding hydrogens is 272 g/mol. The molecule has 1 aliphatic carbocycles. The van der Waals surface area contributed by atoms with Crippen molar-refractivity contribution in [1.82, 2.24) is 9.97 Å². The summed E-state index contributed by atoms with van der Waals surface area (Å²) in [5, 5.41) is 14.5. The van der Waals surface area contributed by atoms with Gasteiger partial charge in [-0.15, -0.1) is 0 Å². The minimum Gasteiger partial charge on any atom is -0.388 e. The van der Waals surface area contributed by atoms with Gasteiger partial charge in [0.05, 0.1) is 5.60 Å². The zero-order valence-corrected chi connectivity index (χ0v) is 13.3. The molecule has 0 amide bonds. The van der Waals surface area contributed by atoms with E-state index in [9.17, 15) is 5.11 Å². The molecule has 112 valence electrons. The molecular formula is C14H24N4OS. The first-order valence-corrected chi connectivity index (χ1v) is 8.19. The second-order valence-corrected chi connectivity index (χ2v) is 7.18. The van der Waals surface area contributed by atoms with Crippen LogP contribution < -0.4 is 11.1 Å². The molecule has 1 aromatic heterocycles. The van der Waals surface area contributed by atoms with Crippen LogP contribution in [0.5, 0.6) is 0 Å². The van der Waals surface area contributed by atoms with Gasteiger partial charge in [-0.3, -0.25) is 0 Å². The van der Waals surface area contributed by atoms with Gasteiger partial charge in [-0.2, -0.15) is 0 Å². The predicted molar refractivity (Wildman–Crippen MR) is 83.9 cm³/mol. The lowest BCUT2D eigenvalue weighted by Gasteiger charge is -2.40. The van der Waals surface area contributed by atoms with Crippen LogP contribution in [0.25, 0.3) is 0 Å². The smallest absolute Gasteiger partial charge is 0.191 e. The summed E-state index contributed by atoms with van der Waals surface area (Å²) in [7, 11) is 0. The summed E-state index contributed by atoms with van der Waals surface area (Å²) in [4.78, 5) is 8.46. The van der Waals surface area contributed by atoms with Crippen LogP contribution in [0.3, 0.4) is 0 Å². The first kappa shape index (κ1) is 15.4. The van der Waals surface area contributed by atoms with Crippen molar-refractivity contribution in [2.45, 2.75) is 50.3 Å². The van der Waals surface area contributed by atoms with E-state index in [4.69, 9.17) is 5.73 Å². The molecule has 5 nitrogen and oxygen atoms in total. The van der Waals surface area contributed by atoms with E-state index in [1.807, 2.05) is 6.26 Å². The molecule has 20 heavy (non-hydrogen) atoms. The third-order valence-electron chi connectivity index (χ3n) is 4.04. The van der Waals surface area contributed by atoms with Crippen LogP contribution in [0.1, 0.15) is 39.5 Å². The van der Waals surface area contributed by atoms with E-state index in [1.165, 1.54) is 11.8 Å². The highest BCUT2D eigenvalue weighted by Gasteiger charge is 2.36. The van der Waals surface area contributed by atoms with Gasteiger partial charge >= 0.3 is 0 Å². The van der Waals surface area contributed by atoms with Crippen molar-refractivity contribution in [3.63, 3.8) is 0 Å². The van der Waals surface area contributed by atoms with Crippen molar-refractivity contribution in [3.8, 4) is 0 Å². The molecule has 0 bridgehead atoms. The summed E-state index contributed by atoms with van der Waals surface area (Å²) < 4.78 is 0. The van der Waals surface area contributed by atoms with Crippen molar-refractivity contribution in [2.75, 3.05) is 23.9 Å². The molecule has 0 radical (unpaired) electrons. The number of nitrogen functional groups attached to an aromatic ring is 1. The van der Waals surface area contributed by atoms with Crippen LogP contribution in [-0.4, -0.2) is 33.5 Å². The van der Waals surface area contributed by atoms with Gasteiger partial charge in [-0.05, 0) is 37.4 Å². The monoisotopic (exact) mass is 296 g/mol. The van der Waals surface area contributed by atoms with Gasteiger partial charge in [0.2, 0.25) is 0 Å². The molecule has 1 aliphatic rings. The molecule has 4 N–H and O–H groups in total. The van der Waals surface area contributed by atoms with E-state index < -0.39 is 5.60 Å². The van der Waals surface area contributed by atoms with Crippen LogP contribution in [-0.2, 0) is 0 Å². The Morgan fingerprint density at radius 3 is 2.55 bits per heavy atom. The van der Waals surface area contributed by atoms with Gasteiger partial charge in [-0.1, -0.05) is 25.6 Å². The van der Waals surface area contributed by atoms with Crippen LogP contribution >= 0.6 is 11.8 Å². The van der Waals surface area contributed by atoms with Gasteiger partial charge in [0.1, 0.15) is 11.6 Å². The molecule has 1 aromatic rings. The number of nitrogens with two attached hydrogens (primary N) is 1. The summed E-state index contributed by atoms with van der Waals surface area (Å²) in [5.74, 6) is 1.13. The molecule has 0 aromatic carbocycles. The van der Waals surface area contributed by atoms with Gasteiger partial charge in [0.25, 0.3) is 0 Å². The zero-order chi connectivity index (χ0) is 14.8. The van der Waals surface area contributed by atoms with Gasteiger partial charge in [-0.25, -0.2) is 9.97 Å². The maximum Gasteiger partial charge on any atom is 0.191 e. The number of aromatic nitrogens is 2. The largest absolute Gasteiger partial charge is 0.388 e. The third kappa shape index (κ3) is 3.99. The third-order valence-corrected chi connectivity index (χ3v) is 4.59. The molecule has 1 fully saturated rings. The Bertz CT molecular complexity index is 468. The number of nitrogens with one attached hydrogen (secondary N) is 1. The first-order valence-electron chi connectivity index (χ1n) is 6.97. The fourth-order valence-corrected chi connectivity index (χ4v) is 2.84. The minimum atomic E-state index is -0.644. The molecule has 0 aliphatic heterocycles. The molecule has 1 heterocycles. The van der Waals surface area contributed by atoms with Gasteiger partial charge < -0.3 is 16.2 Å². The lowest BCUT2D eigenvalue weighted by atomic mass is 9.71. The predicted octanol–water partition coefficient (Wildman–Crippen LogP) is 2.52. The van der Waals surface area contributed by atoms with Crippen LogP contribution in [0.2, 0.25) is 0 Å². The number of nitrogens with zero attached hydrogens (tertiary/aromatic N) is 2. The maximum absolute atomic E-state index is 10.6. The summed E-state index contributed by atoms with van der Waals surface area (Å²) >= 11 is 1.45. The first-order chi connectivity index (χ1) is 9.32. The van der Waals surface area contributed by atoms with Crippen molar-refractivity contribution in [2.24, 2.45) is 5.41 Å². The van der Waals surface area contributed by atoms with E-state index in [0.717, 1.165) is 25.7 Å². The molecule has 0 spiro atoms. The number of thioether (sulfide) groups is 1. The summed E-state index contributed by atoms with van der Waals surface area (Å²) in [6.07, 6.45) is 5.65. The van der Waals surface area contributed by atoms with E-state index >= 15 is 0 Å². The van der Waals surface area contributed by atoms with Crippen molar-refractivity contribution < 1.29 is 5.11 Å². The number of rotatable bonds is 4. The molecule has 0 saturated heterocycles. The zero-order valence-electron chi connectivity index (χ0n) is 12.4. The van der Waals surface area contributed by atoms with E-state index in [0.29, 0.717) is 28.8 Å². The number of hydrogen-bond acceptors (Lipinski definition) is 6. The van der Waals surface area contributed by atoms with Crippen LogP contribution in [0.15, 0.2) is 11.2 Å². The minimum absolute atomic E-state index is 0.345. The van der Waals surface area contributed by atoms with Crippen molar-refractivity contribution >= 4 is 23.4 Å². The summed E-state index contributed by atoms with van der Waals surface area (Å²) in [5.41, 5.74) is 5.45. The fourth-order valence-electron chi connectivity index (χ4n) is 2.45. The average Bonchev–Trinajstić information content (AvgIpc) is 2.40. The molecule has 0 atom stereocenters. The molecule has 1 saturated carbocycles. The average molecular weight is 296 g/mol. The Morgan fingerprint density at radius 1 is 1.30 bits per heavy atom. The van der Waals surface area contributed by atoms with E-state index in [2.05, 4.69) is 29.1 Å². The SMILES string of the molecule is CSc1nc(N)cc(NCC2(O)CCC(C)(C)CC2)n1. The fraction of sp³-hybridized carbons (Fsp3) is 0.714. The number of hydrogen-bond donors (Lipinski definition) is 3.